The van der Waals surface area contributed by atoms with Crippen molar-refractivity contribution in [1.29, 1.82) is 0 Å². The Morgan fingerprint density at radius 2 is 2.09 bits per heavy atom. The second-order valence-corrected chi connectivity index (χ2v) is 6.14. The molecule has 1 saturated carbocycles. The number of carbonyl (C=O) groups is 1. The van der Waals surface area contributed by atoms with Gasteiger partial charge in [-0.3, -0.25) is 4.79 Å². The number of carbonyl (C=O) groups excluding carboxylic acids is 1. The molecule has 0 spiro atoms. The molecule has 1 heterocycles. The summed E-state index contributed by atoms with van der Waals surface area (Å²) in [4.78, 5) is 12.4. The second kappa shape index (κ2) is 6.57. The maximum absolute atomic E-state index is 12.4. The molecule has 3 N–H and O–H groups in total. The van der Waals surface area contributed by atoms with E-state index in [0.717, 1.165) is 42.7 Å². The third kappa shape index (κ3) is 3.19. The number of nitrogens with one attached hydrogen (secondary N) is 1. The number of amides is 1. The van der Waals surface area contributed by atoms with Crippen molar-refractivity contribution in [3.63, 3.8) is 0 Å². The van der Waals surface area contributed by atoms with Gasteiger partial charge >= 0.3 is 0 Å². The minimum Gasteiger partial charge on any atom is -0.486 e. The summed E-state index contributed by atoms with van der Waals surface area (Å²) in [7, 11) is 0. The van der Waals surface area contributed by atoms with Gasteiger partial charge in [-0.05, 0) is 43.4 Å². The van der Waals surface area contributed by atoms with Gasteiger partial charge in [0.15, 0.2) is 11.5 Å². The minimum absolute atomic E-state index is 0.000140. The van der Waals surface area contributed by atoms with Crippen LogP contribution < -0.4 is 20.5 Å². The summed E-state index contributed by atoms with van der Waals surface area (Å²) in [6.07, 6.45) is 3.47. The summed E-state index contributed by atoms with van der Waals surface area (Å²) in [6.45, 7) is 3.23. The lowest BCUT2D eigenvalue weighted by molar-refractivity contribution is -0.125. The second-order valence-electron chi connectivity index (χ2n) is 6.14. The molecule has 1 aliphatic carbocycles. The first-order valence-corrected chi connectivity index (χ1v) is 8.13. The summed E-state index contributed by atoms with van der Waals surface area (Å²) in [5.41, 5.74) is 6.96. The Morgan fingerprint density at radius 1 is 1.32 bits per heavy atom. The van der Waals surface area contributed by atoms with E-state index in [4.69, 9.17) is 15.2 Å². The molecule has 1 fully saturated rings. The Labute approximate surface area is 131 Å². The molecule has 0 bridgehead atoms. The van der Waals surface area contributed by atoms with Gasteiger partial charge in [0.25, 0.3) is 0 Å². The Morgan fingerprint density at radius 3 is 2.77 bits per heavy atom. The van der Waals surface area contributed by atoms with E-state index in [-0.39, 0.29) is 23.9 Å². The maximum atomic E-state index is 12.4. The van der Waals surface area contributed by atoms with Gasteiger partial charge in [-0.25, -0.2) is 0 Å². The van der Waals surface area contributed by atoms with Crippen molar-refractivity contribution < 1.29 is 14.3 Å². The summed E-state index contributed by atoms with van der Waals surface area (Å²) < 4.78 is 11.2. The zero-order valence-electron chi connectivity index (χ0n) is 13.0. The lowest BCUT2D eigenvalue weighted by Gasteiger charge is -2.23. The normalized spacial score (nSPS) is 24.8. The minimum atomic E-state index is 0.000140. The molecule has 0 aromatic heterocycles. The van der Waals surface area contributed by atoms with E-state index in [0.29, 0.717) is 13.2 Å². The van der Waals surface area contributed by atoms with Crippen LogP contribution in [-0.4, -0.2) is 25.2 Å². The van der Waals surface area contributed by atoms with Crippen LogP contribution in [0.3, 0.4) is 0 Å². The van der Waals surface area contributed by atoms with Crippen molar-refractivity contribution in [2.45, 2.75) is 44.7 Å². The Bertz CT molecular complexity index is 547. The van der Waals surface area contributed by atoms with Crippen LogP contribution >= 0.6 is 0 Å². The first-order valence-electron chi connectivity index (χ1n) is 8.13. The molecule has 120 valence electrons. The number of ether oxygens (including phenoxy) is 2. The summed E-state index contributed by atoms with van der Waals surface area (Å²) in [6, 6.07) is 6.07. The molecule has 1 aliphatic heterocycles. The van der Waals surface area contributed by atoms with Crippen LogP contribution in [0.25, 0.3) is 0 Å². The average Bonchev–Trinajstić information content (AvgIpc) is 2.98. The van der Waals surface area contributed by atoms with Gasteiger partial charge < -0.3 is 20.5 Å². The van der Waals surface area contributed by atoms with Gasteiger partial charge in [-0.15, -0.1) is 0 Å². The predicted molar refractivity (Wildman–Crippen MR) is 83.9 cm³/mol. The number of hydrogen-bond acceptors (Lipinski definition) is 4. The first kappa shape index (κ1) is 15.2. The van der Waals surface area contributed by atoms with Crippen LogP contribution in [0.1, 0.15) is 44.2 Å². The molecular formula is C17H24N2O3. The van der Waals surface area contributed by atoms with Crippen molar-refractivity contribution in [3.8, 4) is 11.5 Å². The van der Waals surface area contributed by atoms with Crippen LogP contribution in [-0.2, 0) is 4.79 Å². The molecule has 22 heavy (non-hydrogen) atoms. The fourth-order valence-electron chi connectivity index (χ4n) is 3.24. The highest BCUT2D eigenvalue weighted by molar-refractivity contribution is 5.79. The van der Waals surface area contributed by atoms with E-state index < -0.39 is 0 Å². The third-order valence-corrected chi connectivity index (χ3v) is 4.54. The zero-order chi connectivity index (χ0) is 15.5. The van der Waals surface area contributed by atoms with E-state index in [9.17, 15) is 4.79 Å². The van der Waals surface area contributed by atoms with Gasteiger partial charge in [-0.1, -0.05) is 13.0 Å². The van der Waals surface area contributed by atoms with Gasteiger partial charge in [0.05, 0.1) is 6.04 Å². The van der Waals surface area contributed by atoms with Crippen LogP contribution in [0.2, 0.25) is 0 Å². The average molecular weight is 304 g/mol. The van der Waals surface area contributed by atoms with E-state index in [1.807, 2.05) is 18.2 Å². The topological polar surface area (TPSA) is 73.6 Å². The molecule has 0 radical (unpaired) electrons. The lowest BCUT2D eigenvalue weighted by atomic mass is 10.0. The fraction of sp³-hybridized carbons (Fsp3) is 0.588. The molecule has 3 atom stereocenters. The summed E-state index contributed by atoms with van der Waals surface area (Å²) >= 11 is 0. The lowest BCUT2D eigenvalue weighted by Crippen LogP contribution is -2.33. The SMILES string of the molecule is CCC(NC(=O)C1CCC(N)C1)c1ccc2c(c1)OCCO2. The highest BCUT2D eigenvalue weighted by atomic mass is 16.6. The van der Waals surface area contributed by atoms with Crippen molar-refractivity contribution in [1.82, 2.24) is 5.32 Å². The highest BCUT2D eigenvalue weighted by Crippen LogP contribution is 2.33. The van der Waals surface area contributed by atoms with E-state index in [1.54, 1.807) is 0 Å². The van der Waals surface area contributed by atoms with E-state index in [2.05, 4.69) is 12.2 Å². The zero-order valence-corrected chi connectivity index (χ0v) is 13.0. The number of rotatable bonds is 4. The molecule has 1 aromatic rings. The summed E-state index contributed by atoms with van der Waals surface area (Å²) in [5.74, 6) is 1.72. The van der Waals surface area contributed by atoms with Crippen molar-refractivity contribution >= 4 is 5.91 Å². The number of nitrogens with two attached hydrogens (primary N) is 1. The van der Waals surface area contributed by atoms with Crippen LogP contribution in [0.15, 0.2) is 18.2 Å². The van der Waals surface area contributed by atoms with E-state index >= 15 is 0 Å². The van der Waals surface area contributed by atoms with E-state index in [1.165, 1.54) is 0 Å². The molecule has 0 saturated heterocycles. The summed E-state index contributed by atoms with van der Waals surface area (Å²) in [5, 5.41) is 3.16. The molecule has 1 amide bonds. The molecule has 5 nitrogen and oxygen atoms in total. The molecule has 1 aromatic carbocycles. The molecule has 3 rings (SSSR count). The molecule has 2 aliphatic rings. The van der Waals surface area contributed by atoms with Crippen molar-refractivity contribution in [2.24, 2.45) is 11.7 Å². The number of hydrogen-bond donors (Lipinski definition) is 2. The Balaban J connectivity index is 1.69. The monoisotopic (exact) mass is 304 g/mol. The largest absolute Gasteiger partial charge is 0.486 e. The quantitative estimate of drug-likeness (QED) is 0.894. The van der Waals surface area contributed by atoms with Crippen LogP contribution in [0, 0.1) is 5.92 Å². The van der Waals surface area contributed by atoms with Gasteiger partial charge in [-0.2, -0.15) is 0 Å². The molecular weight excluding hydrogens is 280 g/mol. The number of benzene rings is 1. The third-order valence-electron chi connectivity index (χ3n) is 4.54. The van der Waals surface area contributed by atoms with Crippen molar-refractivity contribution in [2.75, 3.05) is 13.2 Å². The predicted octanol–water partition coefficient (Wildman–Crippen LogP) is 2.15. The Kier molecular flexibility index (Phi) is 4.52. The van der Waals surface area contributed by atoms with Gasteiger partial charge in [0.2, 0.25) is 5.91 Å². The highest BCUT2D eigenvalue weighted by Gasteiger charge is 2.29. The van der Waals surface area contributed by atoms with Crippen LogP contribution in [0.4, 0.5) is 0 Å². The first-order chi connectivity index (χ1) is 10.7. The fourth-order valence-corrected chi connectivity index (χ4v) is 3.24. The van der Waals surface area contributed by atoms with Crippen LogP contribution in [0.5, 0.6) is 11.5 Å². The smallest absolute Gasteiger partial charge is 0.223 e. The van der Waals surface area contributed by atoms with Gasteiger partial charge in [0.1, 0.15) is 13.2 Å². The number of fused-ring (bicyclic) bond motifs is 1. The standard InChI is InChI=1S/C17H24N2O3/c1-2-14(19-17(20)12-3-5-13(18)9-12)11-4-6-15-16(10-11)22-8-7-21-15/h4,6,10,12-14H,2-3,5,7-9,18H2,1H3,(H,19,20). The van der Waals surface area contributed by atoms with Gasteiger partial charge in [0, 0.05) is 12.0 Å². The molecule has 5 heteroatoms. The Hall–Kier alpha value is -1.75. The molecule has 3 unspecified atom stereocenters. The maximum Gasteiger partial charge on any atom is 0.223 e. The van der Waals surface area contributed by atoms with Crippen molar-refractivity contribution in [3.05, 3.63) is 23.8 Å².